The second kappa shape index (κ2) is 3.33. The Kier molecular flexibility index (Phi) is 2.19. The minimum Gasteiger partial charge on any atom is -0.291 e. The maximum atomic E-state index is 4.99. The maximum absolute atomic E-state index is 4.99. The predicted molar refractivity (Wildman–Crippen MR) is 64.2 cm³/mol. The van der Waals surface area contributed by atoms with Gasteiger partial charge in [-0.2, -0.15) is 0 Å². The zero-order valence-corrected chi connectivity index (χ0v) is 10.1. The lowest BCUT2D eigenvalue weighted by Gasteiger charge is -2.55. The summed E-state index contributed by atoms with van der Waals surface area (Å²) in [7, 11) is 0. The molecule has 0 aromatic carbocycles. The molecule has 0 aromatic rings. The Morgan fingerprint density at radius 3 is 1.87 bits per heavy atom. The zero-order chi connectivity index (χ0) is 10.5. The third kappa shape index (κ3) is 1.74. The lowest BCUT2D eigenvalue weighted by Crippen LogP contribution is -2.49. The van der Waals surface area contributed by atoms with E-state index in [4.69, 9.17) is 4.99 Å². The summed E-state index contributed by atoms with van der Waals surface area (Å²) < 4.78 is 0. The van der Waals surface area contributed by atoms with E-state index in [-0.39, 0.29) is 0 Å². The molecule has 4 rings (SSSR count). The van der Waals surface area contributed by atoms with E-state index in [2.05, 4.69) is 20.1 Å². The molecule has 0 unspecified atom stereocenters. The Bertz CT molecular complexity index is 242. The molecule has 4 bridgehead atoms. The molecule has 84 valence electrons. The molecule has 0 atom stereocenters. The van der Waals surface area contributed by atoms with Gasteiger partial charge in [-0.15, -0.1) is 0 Å². The van der Waals surface area contributed by atoms with Crippen LogP contribution >= 0.6 is 0 Å². The summed E-state index contributed by atoms with van der Waals surface area (Å²) in [5.41, 5.74) is 0.402. The number of hydrogen-bond acceptors (Lipinski definition) is 1. The van der Waals surface area contributed by atoms with E-state index in [1.165, 1.54) is 38.5 Å². The van der Waals surface area contributed by atoms with Gasteiger partial charge in [-0.1, -0.05) is 13.8 Å². The van der Waals surface area contributed by atoms with E-state index in [9.17, 15) is 0 Å². The number of nitrogens with zero attached hydrogens (tertiary/aromatic N) is 1. The van der Waals surface area contributed by atoms with Crippen LogP contribution in [0.5, 0.6) is 0 Å². The fraction of sp³-hybridized carbons (Fsp3) is 0.929. The molecule has 0 N–H and O–H groups in total. The van der Waals surface area contributed by atoms with E-state index < -0.39 is 0 Å². The van der Waals surface area contributed by atoms with Crippen molar-refractivity contribution in [1.29, 1.82) is 0 Å². The Morgan fingerprint density at radius 2 is 1.47 bits per heavy atom. The van der Waals surface area contributed by atoms with E-state index in [1.54, 1.807) is 0 Å². The van der Waals surface area contributed by atoms with Gasteiger partial charge in [0.15, 0.2) is 0 Å². The van der Waals surface area contributed by atoms with Crippen molar-refractivity contribution in [2.45, 2.75) is 57.9 Å². The highest BCUT2D eigenvalue weighted by Crippen LogP contribution is 2.57. The Balaban J connectivity index is 1.81. The minimum atomic E-state index is 0.402. The first kappa shape index (κ1) is 9.86. The SMILES string of the molecule is CC(C)C=NC12CC3CC(CC(C3)C1)C2. The molecule has 0 radical (unpaired) electrons. The molecule has 4 aliphatic rings. The van der Waals surface area contributed by atoms with Gasteiger partial charge in [0, 0.05) is 6.21 Å². The molecule has 0 aliphatic heterocycles. The van der Waals surface area contributed by atoms with Crippen LogP contribution in [-0.4, -0.2) is 11.8 Å². The first-order valence-corrected chi connectivity index (χ1v) is 6.70. The zero-order valence-electron chi connectivity index (χ0n) is 10.1. The van der Waals surface area contributed by atoms with Gasteiger partial charge < -0.3 is 0 Å². The fourth-order valence-electron chi connectivity index (χ4n) is 4.53. The molecule has 4 saturated carbocycles. The van der Waals surface area contributed by atoms with Gasteiger partial charge >= 0.3 is 0 Å². The van der Waals surface area contributed by atoms with Crippen molar-refractivity contribution < 1.29 is 0 Å². The summed E-state index contributed by atoms with van der Waals surface area (Å²) in [5.74, 6) is 3.71. The van der Waals surface area contributed by atoms with Crippen LogP contribution in [0.15, 0.2) is 4.99 Å². The van der Waals surface area contributed by atoms with Crippen LogP contribution in [0.25, 0.3) is 0 Å². The van der Waals surface area contributed by atoms with Gasteiger partial charge in [-0.25, -0.2) is 0 Å². The Hall–Kier alpha value is -0.330. The normalized spacial score (nSPS) is 48.3. The van der Waals surface area contributed by atoms with Gasteiger partial charge in [0.05, 0.1) is 5.54 Å². The van der Waals surface area contributed by atoms with Gasteiger partial charge in [0.25, 0.3) is 0 Å². The predicted octanol–water partition coefficient (Wildman–Crippen LogP) is 3.68. The van der Waals surface area contributed by atoms with Crippen molar-refractivity contribution in [3.8, 4) is 0 Å². The maximum Gasteiger partial charge on any atom is 0.0612 e. The van der Waals surface area contributed by atoms with Crippen LogP contribution in [0.4, 0.5) is 0 Å². The van der Waals surface area contributed by atoms with E-state index >= 15 is 0 Å². The third-order valence-corrected chi connectivity index (χ3v) is 4.65. The average molecular weight is 205 g/mol. The van der Waals surface area contributed by atoms with Crippen molar-refractivity contribution in [2.75, 3.05) is 0 Å². The van der Waals surface area contributed by atoms with E-state index in [1.807, 2.05) is 0 Å². The van der Waals surface area contributed by atoms with Gasteiger partial charge in [-0.3, -0.25) is 4.99 Å². The Labute approximate surface area is 93.4 Å². The molecule has 1 heteroatoms. The minimum absolute atomic E-state index is 0.402. The summed E-state index contributed by atoms with van der Waals surface area (Å²) in [6, 6.07) is 0. The molecule has 0 heterocycles. The first-order valence-electron chi connectivity index (χ1n) is 6.70. The Morgan fingerprint density at radius 1 is 1.00 bits per heavy atom. The molecular weight excluding hydrogens is 182 g/mol. The van der Waals surface area contributed by atoms with Crippen LogP contribution in [-0.2, 0) is 0 Å². The van der Waals surface area contributed by atoms with E-state index in [0.717, 1.165) is 17.8 Å². The van der Waals surface area contributed by atoms with Crippen LogP contribution < -0.4 is 0 Å². The van der Waals surface area contributed by atoms with Crippen LogP contribution in [0.3, 0.4) is 0 Å². The van der Waals surface area contributed by atoms with Gasteiger partial charge in [-0.05, 0) is 62.2 Å². The highest BCUT2D eigenvalue weighted by molar-refractivity contribution is 5.60. The molecule has 0 aromatic heterocycles. The largest absolute Gasteiger partial charge is 0.291 e. The van der Waals surface area contributed by atoms with Crippen molar-refractivity contribution in [2.24, 2.45) is 28.7 Å². The number of aliphatic imine (C=N–C) groups is 1. The second-order valence-electron chi connectivity index (χ2n) is 6.66. The topological polar surface area (TPSA) is 12.4 Å². The highest BCUT2D eigenvalue weighted by atomic mass is 14.9. The monoisotopic (exact) mass is 205 g/mol. The lowest BCUT2D eigenvalue weighted by atomic mass is 9.53. The van der Waals surface area contributed by atoms with Crippen molar-refractivity contribution in [1.82, 2.24) is 0 Å². The molecule has 1 nitrogen and oxygen atoms in total. The average Bonchev–Trinajstić information content (AvgIpc) is 2.12. The van der Waals surface area contributed by atoms with Crippen molar-refractivity contribution in [3.63, 3.8) is 0 Å². The third-order valence-electron chi connectivity index (χ3n) is 4.65. The molecule has 4 aliphatic carbocycles. The molecule has 0 spiro atoms. The van der Waals surface area contributed by atoms with Gasteiger partial charge in [0.1, 0.15) is 0 Å². The molecular formula is C14H23N. The number of hydrogen-bond donors (Lipinski definition) is 0. The molecule has 15 heavy (non-hydrogen) atoms. The second-order valence-corrected chi connectivity index (χ2v) is 6.66. The molecule has 4 fully saturated rings. The van der Waals surface area contributed by atoms with Crippen molar-refractivity contribution >= 4 is 6.21 Å². The standard InChI is InChI=1S/C14H23N/c1-10(2)9-15-14-6-11-3-12(7-14)5-13(4-11)8-14/h9-13H,3-8H2,1-2H3. The summed E-state index contributed by atoms with van der Waals surface area (Å²) >= 11 is 0. The fourth-order valence-corrected chi connectivity index (χ4v) is 4.53. The van der Waals surface area contributed by atoms with E-state index in [0.29, 0.717) is 11.5 Å². The molecule has 0 amide bonds. The van der Waals surface area contributed by atoms with Gasteiger partial charge in [0.2, 0.25) is 0 Å². The molecule has 0 saturated heterocycles. The summed E-state index contributed by atoms with van der Waals surface area (Å²) in [6.07, 6.45) is 11.0. The summed E-state index contributed by atoms with van der Waals surface area (Å²) in [5, 5.41) is 0. The van der Waals surface area contributed by atoms with Crippen molar-refractivity contribution in [3.05, 3.63) is 0 Å². The quantitative estimate of drug-likeness (QED) is 0.610. The van der Waals surface area contributed by atoms with Crippen LogP contribution in [0.1, 0.15) is 52.4 Å². The van der Waals surface area contributed by atoms with Crippen LogP contribution in [0.2, 0.25) is 0 Å². The highest BCUT2D eigenvalue weighted by Gasteiger charge is 2.50. The van der Waals surface area contributed by atoms with Crippen LogP contribution in [0, 0.1) is 23.7 Å². The lowest BCUT2D eigenvalue weighted by molar-refractivity contribution is 0.00176. The summed E-state index contributed by atoms with van der Waals surface area (Å²) in [6.45, 7) is 4.48. The summed E-state index contributed by atoms with van der Waals surface area (Å²) in [4.78, 5) is 4.99. The smallest absolute Gasteiger partial charge is 0.0612 e. The number of rotatable bonds is 2. The first-order chi connectivity index (χ1) is 7.15.